The van der Waals surface area contributed by atoms with Crippen molar-refractivity contribution in [1.82, 2.24) is 20.0 Å². The van der Waals surface area contributed by atoms with Crippen molar-refractivity contribution in [2.24, 2.45) is 13.0 Å². The number of nitrogens with zero attached hydrogens (tertiary/aromatic N) is 4. The van der Waals surface area contributed by atoms with Gasteiger partial charge in [-0.15, -0.1) is 10.2 Å². The molecule has 21 heavy (non-hydrogen) atoms. The normalized spacial score (nSPS) is 23.1. The fraction of sp³-hybridized carbons (Fsp3) is 0.643. The lowest BCUT2D eigenvalue weighted by molar-refractivity contribution is 0.0339. The highest BCUT2D eigenvalue weighted by molar-refractivity contribution is 7.15. The third-order valence-corrected chi connectivity index (χ3v) is 5.07. The van der Waals surface area contributed by atoms with Crippen LogP contribution in [0, 0.1) is 5.92 Å². The molecule has 6 nitrogen and oxygen atoms in total. The van der Waals surface area contributed by atoms with Crippen molar-refractivity contribution in [3.63, 3.8) is 0 Å². The third kappa shape index (κ3) is 3.08. The van der Waals surface area contributed by atoms with E-state index in [1.807, 2.05) is 19.4 Å². The Morgan fingerprint density at radius 1 is 1.38 bits per heavy atom. The molecule has 1 atom stereocenters. The molecule has 2 aromatic rings. The summed E-state index contributed by atoms with van der Waals surface area (Å²) < 4.78 is 1.80. The van der Waals surface area contributed by atoms with Crippen molar-refractivity contribution in [3.05, 3.63) is 23.0 Å². The van der Waals surface area contributed by atoms with Crippen LogP contribution in [0.1, 0.15) is 49.2 Å². The third-order valence-electron chi connectivity index (χ3n) is 3.92. The van der Waals surface area contributed by atoms with E-state index in [9.17, 15) is 5.11 Å². The Labute approximate surface area is 128 Å². The van der Waals surface area contributed by atoms with Gasteiger partial charge < -0.3 is 10.4 Å². The monoisotopic (exact) mass is 307 g/mol. The zero-order valence-electron chi connectivity index (χ0n) is 12.5. The molecule has 2 N–H and O–H groups in total. The molecule has 1 aliphatic carbocycles. The van der Waals surface area contributed by atoms with E-state index in [4.69, 9.17) is 0 Å². The van der Waals surface area contributed by atoms with Crippen LogP contribution in [0.4, 0.5) is 5.13 Å². The van der Waals surface area contributed by atoms with Gasteiger partial charge in [-0.05, 0) is 18.8 Å². The summed E-state index contributed by atoms with van der Waals surface area (Å²) in [4.78, 5) is 0. The molecule has 1 fully saturated rings. The molecule has 0 amide bonds. The van der Waals surface area contributed by atoms with Gasteiger partial charge in [-0.1, -0.05) is 25.2 Å². The maximum Gasteiger partial charge on any atom is 0.206 e. The van der Waals surface area contributed by atoms with Gasteiger partial charge in [-0.3, -0.25) is 4.68 Å². The number of aliphatic hydroxyl groups excluding tert-OH is 1. The Morgan fingerprint density at radius 2 is 2.14 bits per heavy atom. The van der Waals surface area contributed by atoms with Crippen LogP contribution in [0.15, 0.2) is 12.4 Å². The van der Waals surface area contributed by atoms with Crippen molar-refractivity contribution in [2.75, 3.05) is 5.32 Å². The number of anilines is 1. The first-order valence-electron chi connectivity index (χ1n) is 7.29. The molecule has 114 valence electrons. The van der Waals surface area contributed by atoms with Gasteiger partial charge in [0.15, 0.2) is 0 Å². The minimum absolute atomic E-state index is 0.134. The first-order valence-corrected chi connectivity index (χ1v) is 8.11. The smallest absolute Gasteiger partial charge is 0.206 e. The summed E-state index contributed by atoms with van der Waals surface area (Å²) in [5.74, 6) is 0.802. The van der Waals surface area contributed by atoms with Crippen LogP contribution in [0.25, 0.3) is 0 Å². The van der Waals surface area contributed by atoms with Gasteiger partial charge in [0.25, 0.3) is 0 Å². The Balaban J connectivity index is 1.78. The summed E-state index contributed by atoms with van der Waals surface area (Å²) in [5.41, 5.74) is 1.13. The van der Waals surface area contributed by atoms with E-state index < -0.39 is 0 Å². The maximum absolute atomic E-state index is 9.59. The van der Waals surface area contributed by atoms with Crippen molar-refractivity contribution in [3.8, 4) is 0 Å². The lowest BCUT2D eigenvalue weighted by Gasteiger charge is -2.37. The molecule has 0 aliphatic heterocycles. The first-order chi connectivity index (χ1) is 10.0. The van der Waals surface area contributed by atoms with E-state index in [-0.39, 0.29) is 12.1 Å². The molecule has 0 bridgehead atoms. The molecule has 2 aromatic heterocycles. The van der Waals surface area contributed by atoms with Crippen molar-refractivity contribution >= 4 is 16.5 Å². The molecular weight excluding hydrogens is 286 g/mol. The zero-order chi connectivity index (χ0) is 15.0. The van der Waals surface area contributed by atoms with Crippen molar-refractivity contribution < 1.29 is 5.11 Å². The average molecular weight is 307 g/mol. The summed E-state index contributed by atoms with van der Waals surface area (Å²) in [6.07, 6.45) is 5.38. The number of aromatic nitrogens is 4. The quantitative estimate of drug-likeness (QED) is 0.886. The SMILES string of the molecule is CC(C)c1nnc(N[C@H](c2cnn(C)c2)C2CC(O)C2)s1. The Morgan fingerprint density at radius 3 is 2.67 bits per heavy atom. The second kappa shape index (κ2) is 5.73. The van der Waals surface area contributed by atoms with Gasteiger partial charge >= 0.3 is 0 Å². The summed E-state index contributed by atoms with van der Waals surface area (Å²) in [6.45, 7) is 4.23. The maximum atomic E-state index is 9.59. The van der Waals surface area contributed by atoms with Crippen LogP contribution in [-0.2, 0) is 7.05 Å². The van der Waals surface area contributed by atoms with E-state index in [2.05, 4.69) is 34.5 Å². The minimum Gasteiger partial charge on any atom is -0.393 e. The molecule has 0 spiro atoms. The number of aryl methyl sites for hydroxylation is 1. The van der Waals surface area contributed by atoms with Crippen LogP contribution < -0.4 is 5.32 Å². The number of hydrogen-bond donors (Lipinski definition) is 2. The molecule has 2 heterocycles. The van der Waals surface area contributed by atoms with Gasteiger partial charge in [-0.25, -0.2) is 0 Å². The van der Waals surface area contributed by atoms with Crippen molar-refractivity contribution in [1.29, 1.82) is 0 Å². The van der Waals surface area contributed by atoms with E-state index in [1.54, 1.807) is 16.0 Å². The molecule has 1 saturated carbocycles. The van der Waals surface area contributed by atoms with Gasteiger partial charge in [0.2, 0.25) is 5.13 Å². The van der Waals surface area contributed by atoms with Gasteiger partial charge in [0, 0.05) is 24.7 Å². The number of rotatable bonds is 5. The second-order valence-corrected chi connectivity index (χ2v) is 7.06. The summed E-state index contributed by atoms with van der Waals surface area (Å²) in [7, 11) is 1.91. The molecule has 1 aliphatic rings. The Bertz CT molecular complexity index is 602. The molecule has 7 heteroatoms. The van der Waals surface area contributed by atoms with Crippen LogP contribution in [-0.4, -0.2) is 31.2 Å². The molecule has 0 saturated heterocycles. The van der Waals surface area contributed by atoms with Crippen LogP contribution >= 0.6 is 11.3 Å². The second-order valence-electron chi connectivity index (χ2n) is 6.05. The predicted molar refractivity (Wildman–Crippen MR) is 82.3 cm³/mol. The largest absolute Gasteiger partial charge is 0.393 e. The molecule has 0 unspecified atom stereocenters. The van der Waals surface area contributed by atoms with E-state index in [1.165, 1.54) is 0 Å². The molecular formula is C14H21N5OS. The zero-order valence-corrected chi connectivity index (χ0v) is 13.3. The highest BCUT2D eigenvalue weighted by Gasteiger charge is 2.36. The topological polar surface area (TPSA) is 75.9 Å². The van der Waals surface area contributed by atoms with Gasteiger partial charge in [0.1, 0.15) is 5.01 Å². The van der Waals surface area contributed by atoms with Crippen molar-refractivity contribution in [2.45, 2.75) is 44.8 Å². The number of aliphatic hydroxyl groups is 1. The highest BCUT2D eigenvalue weighted by Crippen LogP contribution is 2.40. The van der Waals surface area contributed by atoms with Gasteiger partial charge in [0.05, 0.1) is 18.3 Å². The molecule has 0 aromatic carbocycles. The summed E-state index contributed by atoms with van der Waals surface area (Å²) in [5, 5.41) is 27.7. The number of hydrogen-bond acceptors (Lipinski definition) is 6. The lowest BCUT2D eigenvalue weighted by atomic mass is 9.75. The Kier molecular flexibility index (Phi) is 3.95. The van der Waals surface area contributed by atoms with Crippen LogP contribution in [0.3, 0.4) is 0 Å². The van der Waals surface area contributed by atoms with E-state index >= 15 is 0 Å². The molecule has 3 rings (SSSR count). The van der Waals surface area contributed by atoms with E-state index in [0.29, 0.717) is 11.8 Å². The highest BCUT2D eigenvalue weighted by atomic mass is 32.1. The lowest BCUT2D eigenvalue weighted by Crippen LogP contribution is -2.35. The standard InChI is InChI=1S/C14H21N5OS/c1-8(2)13-17-18-14(21-13)16-12(9-4-11(20)5-9)10-6-15-19(3)7-10/h6-9,11-12,20H,4-5H2,1-3H3,(H,16,18)/t9?,11?,12-/m0/s1. The fourth-order valence-electron chi connectivity index (χ4n) is 2.64. The number of nitrogens with one attached hydrogen (secondary N) is 1. The minimum atomic E-state index is -0.170. The fourth-order valence-corrected chi connectivity index (χ4v) is 3.42. The first kappa shape index (κ1) is 14.5. The van der Waals surface area contributed by atoms with E-state index in [0.717, 1.165) is 28.5 Å². The molecule has 0 radical (unpaired) electrons. The summed E-state index contributed by atoms with van der Waals surface area (Å²) in [6, 6.07) is 0.134. The Hall–Kier alpha value is -1.47. The summed E-state index contributed by atoms with van der Waals surface area (Å²) >= 11 is 1.60. The predicted octanol–water partition coefficient (Wildman–Crippen LogP) is 2.32. The van der Waals surface area contributed by atoms with Crippen LogP contribution in [0.2, 0.25) is 0 Å². The average Bonchev–Trinajstić information content (AvgIpc) is 3.01. The van der Waals surface area contributed by atoms with Crippen LogP contribution in [0.5, 0.6) is 0 Å². The van der Waals surface area contributed by atoms with Gasteiger partial charge in [-0.2, -0.15) is 5.10 Å².